The molecule has 2 atom stereocenters. The lowest BCUT2D eigenvalue weighted by atomic mass is 10.1. The van der Waals surface area contributed by atoms with Gasteiger partial charge in [-0.3, -0.25) is 0 Å². The molecule has 2 N–H and O–H groups in total. The second-order valence-corrected chi connectivity index (χ2v) is 4.08. The summed E-state index contributed by atoms with van der Waals surface area (Å²) in [5.41, 5.74) is 0. The molecule has 12 heavy (non-hydrogen) atoms. The van der Waals surface area contributed by atoms with Gasteiger partial charge in [-0.25, -0.2) is 0 Å². The molecule has 0 saturated carbocycles. The van der Waals surface area contributed by atoms with Crippen LogP contribution >= 0.6 is 23.2 Å². The topological polar surface area (TPSA) is 40.5 Å². The van der Waals surface area contributed by atoms with Crippen LogP contribution in [-0.4, -0.2) is 34.2 Å². The third kappa shape index (κ3) is 7.17. The molecule has 74 valence electrons. The first-order valence-corrected chi connectivity index (χ1v) is 5.07. The number of unbranched alkanes of at least 4 members (excludes halogenated alkanes) is 1. The Labute approximate surface area is 83.5 Å². The maximum Gasteiger partial charge on any atom is 0.0595 e. The van der Waals surface area contributed by atoms with E-state index in [2.05, 4.69) is 0 Å². The Hall–Kier alpha value is 0.500. The van der Waals surface area contributed by atoms with Crippen molar-refractivity contribution in [1.29, 1.82) is 0 Å². The zero-order valence-electron chi connectivity index (χ0n) is 7.05. The summed E-state index contributed by atoms with van der Waals surface area (Å²) in [6.07, 6.45) is 3.54. The summed E-state index contributed by atoms with van der Waals surface area (Å²) >= 11 is 11.4. The van der Waals surface area contributed by atoms with Gasteiger partial charge in [0, 0.05) is 0 Å². The Kier molecular flexibility index (Phi) is 8.45. The van der Waals surface area contributed by atoms with Crippen LogP contribution in [0.2, 0.25) is 0 Å². The second-order valence-electron chi connectivity index (χ2n) is 2.84. The monoisotopic (exact) mass is 214 g/mol. The Morgan fingerprint density at radius 3 is 1.42 bits per heavy atom. The predicted molar refractivity (Wildman–Crippen MR) is 51.9 cm³/mol. The molecule has 0 saturated heterocycles. The van der Waals surface area contributed by atoms with Crippen LogP contribution in [0, 0.1) is 0 Å². The van der Waals surface area contributed by atoms with Crippen molar-refractivity contribution in [3.05, 3.63) is 0 Å². The molecule has 0 rings (SSSR count). The molecule has 0 amide bonds. The number of hydrogen-bond acceptors (Lipinski definition) is 2. The van der Waals surface area contributed by atoms with Gasteiger partial charge in [0.05, 0.1) is 24.0 Å². The molecule has 0 aromatic rings. The normalized spacial score (nSPS) is 16.0. The van der Waals surface area contributed by atoms with Crippen molar-refractivity contribution in [2.24, 2.45) is 0 Å². The fourth-order valence-electron chi connectivity index (χ4n) is 0.914. The number of rotatable bonds is 7. The van der Waals surface area contributed by atoms with Gasteiger partial charge in [0.25, 0.3) is 0 Å². The summed E-state index contributed by atoms with van der Waals surface area (Å²) < 4.78 is 0. The first-order valence-electron chi connectivity index (χ1n) is 4.20. The van der Waals surface area contributed by atoms with E-state index in [0.29, 0.717) is 0 Å². The van der Waals surface area contributed by atoms with Gasteiger partial charge in [-0.15, -0.1) is 23.2 Å². The molecule has 0 heterocycles. The maximum absolute atomic E-state index is 8.59. The fraction of sp³-hybridized carbons (Fsp3) is 1.00. The molecule has 0 bridgehead atoms. The van der Waals surface area contributed by atoms with E-state index in [0.717, 1.165) is 25.7 Å². The van der Waals surface area contributed by atoms with Gasteiger partial charge in [0.2, 0.25) is 0 Å². The highest BCUT2D eigenvalue weighted by Crippen LogP contribution is 2.12. The van der Waals surface area contributed by atoms with Crippen LogP contribution in [0.5, 0.6) is 0 Å². The van der Waals surface area contributed by atoms with Crippen LogP contribution in [0.15, 0.2) is 0 Å². The summed E-state index contributed by atoms with van der Waals surface area (Å²) in [7, 11) is 0. The molecule has 0 unspecified atom stereocenters. The Morgan fingerprint density at radius 1 is 0.833 bits per heavy atom. The number of aliphatic hydroxyl groups excluding tert-OH is 2. The lowest BCUT2D eigenvalue weighted by Crippen LogP contribution is -2.06. The number of aliphatic hydroxyl groups is 2. The van der Waals surface area contributed by atoms with E-state index in [1.807, 2.05) is 0 Å². The minimum atomic E-state index is -0.132. The van der Waals surface area contributed by atoms with Gasteiger partial charge in [0.1, 0.15) is 0 Å². The Morgan fingerprint density at radius 2 is 1.17 bits per heavy atom. The van der Waals surface area contributed by atoms with Crippen LogP contribution < -0.4 is 0 Å². The Balaban J connectivity index is 3.10. The van der Waals surface area contributed by atoms with Crippen molar-refractivity contribution in [1.82, 2.24) is 0 Å². The lowest BCUT2D eigenvalue weighted by molar-refractivity contribution is 0.279. The molecule has 0 fully saturated rings. The molecule has 4 heteroatoms. The van der Waals surface area contributed by atoms with Crippen LogP contribution in [0.3, 0.4) is 0 Å². The molecule has 0 aliphatic heterocycles. The van der Waals surface area contributed by atoms with Crippen LogP contribution in [0.4, 0.5) is 0 Å². The predicted octanol–water partition coefficient (Wildman–Crippen LogP) is 1.75. The lowest BCUT2D eigenvalue weighted by Gasteiger charge is -2.07. The molecular formula is C8H16Cl2O2. The van der Waals surface area contributed by atoms with Gasteiger partial charge < -0.3 is 10.2 Å². The fourth-order valence-corrected chi connectivity index (χ4v) is 1.22. The molecule has 0 aromatic carbocycles. The molecule has 0 spiro atoms. The summed E-state index contributed by atoms with van der Waals surface area (Å²) in [5.74, 6) is 0. The van der Waals surface area contributed by atoms with Crippen molar-refractivity contribution >= 4 is 23.2 Å². The van der Waals surface area contributed by atoms with Crippen molar-refractivity contribution in [3.63, 3.8) is 0 Å². The summed E-state index contributed by atoms with van der Waals surface area (Å²) in [5, 5.41) is 16.9. The smallest absolute Gasteiger partial charge is 0.0595 e. The molecule has 0 radical (unpaired) electrons. The number of hydrogen-bond donors (Lipinski definition) is 2. The van der Waals surface area contributed by atoms with Crippen molar-refractivity contribution < 1.29 is 10.2 Å². The van der Waals surface area contributed by atoms with Crippen molar-refractivity contribution in [2.75, 3.05) is 13.2 Å². The van der Waals surface area contributed by atoms with Gasteiger partial charge in [-0.05, 0) is 12.8 Å². The SMILES string of the molecule is OC[C@H](Cl)CCCC[C@@H](Cl)CO. The maximum atomic E-state index is 8.59. The van der Waals surface area contributed by atoms with E-state index in [1.54, 1.807) is 0 Å². The first kappa shape index (κ1) is 12.5. The molecular weight excluding hydrogens is 199 g/mol. The highest BCUT2D eigenvalue weighted by Gasteiger charge is 2.04. The third-order valence-electron chi connectivity index (χ3n) is 1.68. The minimum Gasteiger partial charge on any atom is -0.395 e. The summed E-state index contributed by atoms with van der Waals surface area (Å²) in [6, 6.07) is 0. The average molecular weight is 215 g/mol. The van der Waals surface area contributed by atoms with Crippen LogP contribution in [0.25, 0.3) is 0 Å². The average Bonchev–Trinajstić information content (AvgIpc) is 2.11. The zero-order chi connectivity index (χ0) is 9.40. The molecule has 0 aromatic heterocycles. The van der Waals surface area contributed by atoms with Crippen LogP contribution in [0.1, 0.15) is 25.7 Å². The van der Waals surface area contributed by atoms with Gasteiger partial charge in [0.15, 0.2) is 0 Å². The molecule has 2 nitrogen and oxygen atoms in total. The van der Waals surface area contributed by atoms with E-state index in [4.69, 9.17) is 33.4 Å². The van der Waals surface area contributed by atoms with Crippen molar-refractivity contribution in [2.45, 2.75) is 36.4 Å². The van der Waals surface area contributed by atoms with Gasteiger partial charge >= 0.3 is 0 Å². The quantitative estimate of drug-likeness (QED) is 0.501. The largest absolute Gasteiger partial charge is 0.395 e. The highest BCUT2D eigenvalue weighted by molar-refractivity contribution is 6.20. The van der Waals surface area contributed by atoms with Gasteiger partial charge in [-0.1, -0.05) is 12.8 Å². The number of halogens is 2. The molecule has 0 aliphatic carbocycles. The van der Waals surface area contributed by atoms with E-state index < -0.39 is 0 Å². The third-order valence-corrected chi connectivity index (χ3v) is 2.39. The van der Waals surface area contributed by atoms with E-state index in [9.17, 15) is 0 Å². The van der Waals surface area contributed by atoms with Crippen molar-refractivity contribution in [3.8, 4) is 0 Å². The highest BCUT2D eigenvalue weighted by atomic mass is 35.5. The number of alkyl halides is 2. The summed E-state index contributed by atoms with van der Waals surface area (Å²) in [4.78, 5) is 0. The van der Waals surface area contributed by atoms with Gasteiger partial charge in [-0.2, -0.15) is 0 Å². The van der Waals surface area contributed by atoms with Crippen LogP contribution in [-0.2, 0) is 0 Å². The molecule has 0 aliphatic rings. The Bertz CT molecular complexity index is 89.1. The minimum absolute atomic E-state index is 0.0336. The zero-order valence-corrected chi connectivity index (χ0v) is 8.56. The summed E-state index contributed by atoms with van der Waals surface area (Å²) in [6.45, 7) is 0.0672. The van der Waals surface area contributed by atoms with E-state index in [1.165, 1.54) is 0 Å². The van der Waals surface area contributed by atoms with E-state index in [-0.39, 0.29) is 24.0 Å². The first-order chi connectivity index (χ1) is 5.70. The standard InChI is InChI=1S/C8H16Cl2O2/c9-7(5-11)3-1-2-4-8(10)6-12/h7-8,11-12H,1-6H2/t7-,8-/m1/s1. The second kappa shape index (κ2) is 8.11. The van der Waals surface area contributed by atoms with E-state index >= 15 is 0 Å².